The van der Waals surface area contributed by atoms with Crippen LogP contribution in [0.5, 0.6) is 69.0 Å². The Bertz CT molecular complexity index is 2110. The lowest BCUT2D eigenvalue weighted by molar-refractivity contribution is 0.322. The molecule has 2 aliphatic heterocycles. The average molecular weight is 859 g/mol. The van der Waals surface area contributed by atoms with Crippen LogP contribution in [0.3, 0.4) is 0 Å². The molecule has 0 atom stereocenters. The Morgan fingerprint density at radius 1 is 0.300 bits per heavy atom. The van der Waals surface area contributed by atoms with E-state index in [1.54, 1.807) is 85.3 Å². The average Bonchev–Trinajstić information content (AvgIpc) is 3.55. The lowest BCUT2D eigenvalue weighted by Gasteiger charge is -2.26. The van der Waals surface area contributed by atoms with E-state index in [1.165, 1.54) is 10.6 Å². The van der Waals surface area contributed by atoms with Crippen molar-refractivity contribution < 1.29 is 56.8 Å². The summed E-state index contributed by atoms with van der Waals surface area (Å²) in [7, 11) is 17.8. The second kappa shape index (κ2) is 18.0. The molecule has 5 aromatic rings. The van der Waals surface area contributed by atoms with Gasteiger partial charge in [-0.1, -0.05) is 40.1 Å². The highest BCUT2D eigenvalue weighted by Crippen LogP contribution is 2.63. The van der Waals surface area contributed by atoms with E-state index in [1.807, 2.05) is 0 Å². The van der Waals surface area contributed by atoms with Gasteiger partial charge in [-0.25, -0.2) is 0 Å². The van der Waals surface area contributed by atoms with Crippen LogP contribution in [0, 0.1) is 0 Å². The Morgan fingerprint density at radius 2 is 0.517 bits per heavy atom. The van der Waals surface area contributed by atoms with E-state index in [0.717, 1.165) is 69.2 Å². The molecule has 318 valence electrons. The molecule has 0 bridgehead atoms. The summed E-state index contributed by atoms with van der Waals surface area (Å²) in [6, 6.07) is 17.1. The first-order valence-electron chi connectivity index (χ1n) is 19.1. The van der Waals surface area contributed by atoms with Crippen molar-refractivity contribution in [2.75, 3.05) is 85.3 Å². The van der Waals surface area contributed by atoms with Gasteiger partial charge in [0.25, 0.3) is 0 Å². The zero-order chi connectivity index (χ0) is 42.8. The molecule has 0 fully saturated rings. The predicted octanol–water partition coefficient (Wildman–Crippen LogP) is 8.77. The molecule has 0 saturated carbocycles. The summed E-state index contributed by atoms with van der Waals surface area (Å²) in [5, 5.41) is 2.59. The lowest BCUT2D eigenvalue weighted by atomic mass is 9.93. The zero-order valence-electron chi connectivity index (χ0n) is 36.2. The van der Waals surface area contributed by atoms with Crippen LogP contribution in [0.25, 0.3) is 22.3 Å². The molecule has 0 N–H and O–H groups in total. The van der Waals surface area contributed by atoms with Gasteiger partial charge in [0.05, 0.1) is 85.3 Å². The number of ether oxygens (including phenoxy) is 12. The van der Waals surface area contributed by atoms with Crippen molar-refractivity contribution in [2.45, 2.75) is 24.6 Å². The minimum absolute atomic E-state index is 0.498. The molecule has 0 aliphatic carbocycles. The molecule has 5 aromatic carbocycles. The van der Waals surface area contributed by atoms with Gasteiger partial charge in [0, 0.05) is 22.3 Å². The fraction of sp³-hybridized carbons (Fsp3) is 0.348. The van der Waals surface area contributed by atoms with Crippen molar-refractivity contribution in [3.8, 4) is 91.2 Å². The Morgan fingerprint density at radius 3 is 0.700 bits per heavy atom. The normalized spacial score (nSPS) is 13.3. The second-order valence-electron chi connectivity index (χ2n) is 13.9. The van der Waals surface area contributed by atoms with Crippen LogP contribution < -0.4 is 67.5 Å². The number of fused-ring (bicyclic) bond motifs is 6. The summed E-state index contributed by atoms with van der Waals surface area (Å²) in [6.07, 6.45) is 2.87. The fourth-order valence-corrected chi connectivity index (χ4v) is 14.5. The van der Waals surface area contributed by atoms with E-state index >= 15 is 0 Å². The van der Waals surface area contributed by atoms with Gasteiger partial charge < -0.3 is 56.8 Å². The highest BCUT2D eigenvalue weighted by molar-refractivity contribution is 7.70. The van der Waals surface area contributed by atoms with Crippen LogP contribution in [-0.2, 0) is 24.6 Å². The molecule has 2 heterocycles. The van der Waals surface area contributed by atoms with Crippen LogP contribution in [0.1, 0.15) is 22.3 Å². The van der Waals surface area contributed by atoms with Crippen molar-refractivity contribution in [3.63, 3.8) is 0 Å². The van der Waals surface area contributed by atoms with Gasteiger partial charge in [-0.2, -0.15) is 0 Å². The third-order valence-electron chi connectivity index (χ3n) is 11.2. The number of methoxy groups -OCH3 is 12. The van der Waals surface area contributed by atoms with E-state index in [-0.39, 0.29) is 0 Å². The van der Waals surface area contributed by atoms with Gasteiger partial charge in [0.15, 0.2) is 46.0 Å². The SMILES string of the molecule is COc1cc2c(c(OC)c1OC)-c1c(cc(OC)c(OC)c1OC)CP(c1ccccc1P1Cc3cc(OC)c(OC)c(OC)c3-c3c(cc(OC)c(OC)c3OC)C1)C2. The van der Waals surface area contributed by atoms with E-state index in [4.69, 9.17) is 56.8 Å². The first kappa shape index (κ1) is 42.7. The highest BCUT2D eigenvalue weighted by Gasteiger charge is 2.37. The highest BCUT2D eigenvalue weighted by atomic mass is 31.1. The van der Waals surface area contributed by atoms with Gasteiger partial charge in [-0.05, 0) is 81.8 Å². The minimum Gasteiger partial charge on any atom is -0.493 e. The summed E-state index contributed by atoms with van der Waals surface area (Å²) in [5.41, 5.74) is 7.66. The summed E-state index contributed by atoms with van der Waals surface area (Å²) in [5.74, 6) is 6.54. The Labute approximate surface area is 354 Å². The Kier molecular flexibility index (Phi) is 12.8. The molecule has 7 rings (SSSR count). The zero-order valence-corrected chi connectivity index (χ0v) is 38.0. The quantitative estimate of drug-likeness (QED) is 0.0997. The smallest absolute Gasteiger partial charge is 0.203 e. The molecule has 0 spiro atoms. The molecule has 60 heavy (non-hydrogen) atoms. The van der Waals surface area contributed by atoms with Gasteiger partial charge in [-0.15, -0.1) is 0 Å². The van der Waals surface area contributed by atoms with Crippen LogP contribution in [0.2, 0.25) is 0 Å². The van der Waals surface area contributed by atoms with Crippen molar-refractivity contribution in [1.29, 1.82) is 0 Å². The third-order valence-corrected chi connectivity index (χ3v) is 16.4. The maximum Gasteiger partial charge on any atom is 0.203 e. The van der Waals surface area contributed by atoms with Gasteiger partial charge in [-0.3, -0.25) is 0 Å². The van der Waals surface area contributed by atoms with E-state index in [0.29, 0.717) is 69.0 Å². The minimum atomic E-state index is -0.932. The molecular weight excluding hydrogens is 806 g/mol. The van der Waals surface area contributed by atoms with Crippen molar-refractivity contribution in [1.82, 2.24) is 0 Å². The summed E-state index contributed by atoms with van der Waals surface area (Å²) < 4.78 is 72.2. The standard InChI is InChI=1S/C46H52O12P2/c1-47-29-17-25-21-59(22-26-18-30(48-2)40(52-6)44(56-10)36(26)35(25)43(55-9)39(29)51-5)33-15-13-14-16-34(33)60-23-27-19-31(49-3)41(53-7)45(57-11)37(27)38-28(24-60)20-32(50-4)42(54-8)46(38)58-12/h13-20H,21-24H2,1-12H3. The molecule has 14 heteroatoms. The van der Waals surface area contributed by atoms with Crippen LogP contribution in [0.15, 0.2) is 48.5 Å². The Balaban J connectivity index is 1.50. The molecule has 0 unspecified atom stereocenters. The largest absolute Gasteiger partial charge is 0.493 e. The summed E-state index contributed by atoms with van der Waals surface area (Å²) in [4.78, 5) is 0. The third kappa shape index (κ3) is 6.97. The monoisotopic (exact) mass is 858 g/mol. The van der Waals surface area contributed by atoms with Crippen molar-refractivity contribution in [3.05, 3.63) is 70.8 Å². The molecule has 0 aromatic heterocycles. The fourth-order valence-electron chi connectivity index (χ4n) is 8.70. The molecule has 2 aliphatic rings. The predicted molar refractivity (Wildman–Crippen MR) is 237 cm³/mol. The number of benzene rings is 5. The van der Waals surface area contributed by atoms with Crippen LogP contribution in [-0.4, -0.2) is 85.3 Å². The first-order valence-corrected chi connectivity index (χ1v) is 22.5. The first-order chi connectivity index (χ1) is 29.2. The van der Waals surface area contributed by atoms with E-state index < -0.39 is 15.8 Å². The molecule has 12 nitrogen and oxygen atoms in total. The summed E-state index contributed by atoms with van der Waals surface area (Å²) in [6.45, 7) is 0. The lowest BCUT2D eigenvalue weighted by Crippen LogP contribution is -2.23. The molecule has 0 radical (unpaired) electrons. The van der Waals surface area contributed by atoms with E-state index in [2.05, 4.69) is 48.5 Å². The number of hydrogen-bond donors (Lipinski definition) is 0. The molecule has 0 amide bonds. The van der Waals surface area contributed by atoms with Crippen molar-refractivity contribution in [2.24, 2.45) is 0 Å². The molecular formula is C46H52O12P2. The Hall–Kier alpha value is -5.44. The maximum atomic E-state index is 6.19. The number of hydrogen-bond acceptors (Lipinski definition) is 12. The van der Waals surface area contributed by atoms with Crippen LogP contribution >= 0.6 is 15.8 Å². The maximum absolute atomic E-state index is 6.19. The topological polar surface area (TPSA) is 111 Å². The van der Waals surface area contributed by atoms with Gasteiger partial charge in [0.1, 0.15) is 0 Å². The van der Waals surface area contributed by atoms with Gasteiger partial charge >= 0.3 is 0 Å². The van der Waals surface area contributed by atoms with Crippen LogP contribution in [0.4, 0.5) is 0 Å². The number of rotatable bonds is 14. The molecule has 0 saturated heterocycles. The van der Waals surface area contributed by atoms with Crippen molar-refractivity contribution >= 4 is 26.5 Å². The van der Waals surface area contributed by atoms with Gasteiger partial charge in [0.2, 0.25) is 23.0 Å². The second-order valence-corrected chi connectivity index (χ2v) is 18.3. The summed E-state index contributed by atoms with van der Waals surface area (Å²) >= 11 is 0. The van der Waals surface area contributed by atoms with E-state index in [9.17, 15) is 0 Å².